The molecule has 1 aliphatic rings. The third-order valence-electron chi connectivity index (χ3n) is 6.79. The van der Waals surface area contributed by atoms with Gasteiger partial charge in [0, 0.05) is 38.4 Å². The van der Waals surface area contributed by atoms with E-state index < -0.39 is 17.7 Å². The molecule has 5 rings (SSSR count). The Bertz CT molecular complexity index is 1580. The fourth-order valence-electron chi connectivity index (χ4n) is 4.99. The van der Waals surface area contributed by atoms with Crippen molar-refractivity contribution in [1.29, 1.82) is 0 Å². The Labute approximate surface area is 226 Å². The van der Waals surface area contributed by atoms with Crippen LogP contribution in [0.2, 0.25) is 5.02 Å². The number of nitrogens with zero attached hydrogens (tertiary/aromatic N) is 1. The number of hydrogen-bond donors (Lipinski definition) is 2. The van der Waals surface area contributed by atoms with E-state index in [1.165, 1.54) is 4.90 Å². The number of ether oxygens (including phenoxy) is 1. The Morgan fingerprint density at radius 1 is 1.05 bits per heavy atom. The average Bonchev–Trinajstić information content (AvgIpc) is 3.35. The van der Waals surface area contributed by atoms with Gasteiger partial charge in [-0.3, -0.25) is 14.5 Å². The van der Waals surface area contributed by atoms with Crippen LogP contribution in [0.4, 0.5) is 5.69 Å². The van der Waals surface area contributed by atoms with Crippen LogP contribution in [-0.2, 0) is 9.59 Å². The van der Waals surface area contributed by atoms with Crippen LogP contribution in [-0.4, -0.2) is 28.4 Å². The molecule has 0 bridgehead atoms. The van der Waals surface area contributed by atoms with E-state index in [1.807, 2.05) is 38.1 Å². The van der Waals surface area contributed by atoms with Crippen molar-refractivity contribution < 1.29 is 19.4 Å². The standard InChI is InChI=1S/C31H29ClN2O4/c1-17(2)16-38-25-14-9-20(15-18(25)3)29(35)27-28(26-19(4)33-24-8-6-5-7-23(24)26)34(31(37)30(27)36)22-12-10-21(32)11-13-22/h5-15,17,28,33,35H,16H2,1-4H3/b29-27+. The van der Waals surface area contributed by atoms with E-state index in [4.69, 9.17) is 16.3 Å². The summed E-state index contributed by atoms with van der Waals surface area (Å²) >= 11 is 6.11. The number of benzene rings is 3. The van der Waals surface area contributed by atoms with E-state index in [2.05, 4.69) is 18.8 Å². The number of aromatic nitrogens is 1. The SMILES string of the molecule is Cc1cc(/C(O)=C2\C(=O)C(=O)N(c3ccc(Cl)cc3)C2c2c(C)[nH]c3ccccc23)ccc1OCC(C)C. The smallest absolute Gasteiger partial charge is 0.300 e. The maximum absolute atomic E-state index is 13.6. The van der Waals surface area contributed by atoms with E-state index in [-0.39, 0.29) is 11.3 Å². The van der Waals surface area contributed by atoms with E-state index >= 15 is 0 Å². The van der Waals surface area contributed by atoms with Gasteiger partial charge < -0.3 is 14.8 Å². The molecule has 1 amide bonds. The predicted molar refractivity (Wildman–Crippen MR) is 151 cm³/mol. The summed E-state index contributed by atoms with van der Waals surface area (Å²) in [7, 11) is 0. The van der Waals surface area contributed by atoms with Gasteiger partial charge in [0.25, 0.3) is 11.7 Å². The summed E-state index contributed by atoms with van der Waals surface area (Å²) in [6, 6.07) is 18.9. The topological polar surface area (TPSA) is 82.6 Å². The molecule has 3 aromatic carbocycles. The second-order valence-corrected chi connectivity index (χ2v) is 10.5. The van der Waals surface area contributed by atoms with Gasteiger partial charge in [-0.2, -0.15) is 0 Å². The van der Waals surface area contributed by atoms with Gasteiger partial charge in [-0.1, -0.05) is 43.6 Å². The average molecular weight is 529 g/mol. The van der Waals surface area contributed by atoms with Crippen molar-refractivity contribution in [2.45, 2.75) is 33.7 Å². The third-order valence-corrected chi connectivity index (χ3v) is 7.04. The summed E-state index contributed by atoms with van der Waals surface area (Å²) in [4.78, 5) is 31.9. The maximum atomic E-state index is 13.6. The Morgan fingerprint density at radius 3 is 2.45 bits per heavy atom. The number of amides is 1. The largest absolute Gasteiger partial charge is 0.507 e. The minimum Gasteiger partial charge on any atom is -0.507 e. The fraction of sp³-hybridized carbons (Fsp3) is 0.226. The number of fused-ring (bicyclic) bond motifs is 1. The highest BCUT2D eigenvalue weighted by Crippen LogP contribution is 2.45. The van der Waals surface area contributed by atoms with Gasteiger partial charge in [-0.15, -0.1) is 0 Å². The Morgan fingerprint density at radius 2 is 1.76 bits per heavy atom. The zero-order valence-electron chi connectivity index (χ0n) is 21.7. The van der Waals surface area contributed by atoms with Gasteiger partial charge in [0.1, 0.15) is 11.5 Å². The van der Waals surface area contributed by atoms with Crippen LogP contribution in [0.1, 0.15) is 42.3 Å². The number of Topliss-reactive ketones (excluding diaryl/α,β-unsaturated/α-hetero) is 1. The molecule has 0 radical (unpaired) electrons. The minimum absolute atomic E-state index is 0.0352. The van der Waals surface area contributed by atoms with Crippen molar-refractivity contribution in [1.82, 2.24) is 4.98 Å². The maximum Gasteiger partial charge on any atom is 0.300 e. The molecule has 0 saturated carbocycles. The molecule has 1 saturated heterocycles. The number of aryl methyl sites for hydroxylation is 2. The second-order valence-electron chi connectivity index (χ2n) is 10.0. The molecule has 2 heterocycles. The van der Waals surface area contributed by atoms with Crippen LogP contribution >= 0.6 is 11.6 Å². The van der Waals surface area contributed by atoms with Crippen molar-refractivity contribution >= 4 is 45.6 Å². The number of aliphatic hydroxyl groups excluding tert-OH is 1. The van der Waals surface area contributed by atoms with E-state index in [9.17, 15) is 14.7 Å². The minimum atomic E-state index is -0.843. The first-order valence-electron chi connectivity index (χ1n) is 12.5. The van der Waals surface area contributed by atoms with Gasteiger partial charge in [-0.05, 0) is 73.9 Å². The molecule has 1 aliphatic heterocycles. The Balaban J connectivity index is 1.71. The lowest BCUT2D eigenvalue weighted by molar-refractivity contribution is -0.132. The van der Waals surface area contributed by atoms with Gasteiger partial charge in [0.05, 0.1) is 18.2 Å². The van der Waals surface area contributed by atoms with E-state index in [0.29, 0.717) is 34.5 Å². The fourth-order valence-corrected chi connectivity index (χ4v) is 5.12. The summed E-state index contributed by atoms with van der Waals surface area (Å²) in [5.41, 5.74) is 4.25. The first kappa shape index (κ1) is 25.6. The summed E-state index contributed by atoms with van der Waals surface area (Å²) in [6.07, 6.45) is 0. The molecule has 0 aliphatic carbocycles. The molecule has 1 aromatic heterocycles. The molecule has 4 aromatic rings. The highest BCUT2D eigenvalue weighted by Gasteiger charge is 2.48. The quantitative estimate of drug-likeness (QED) is 0.159. The molecule has 1 unspecified atom stereocenters. The summed E-state index contributed by atoms with van der Waals surface area (Å²) in [5.74, 6) is -0.610. The number of carbonyl (C=O) groups is 2. The van der Waals surface area contributed by atoms with Crippen molar-refractivity contribution in [2.24, 2.45) is 5.92 Å². The van der Waals surface area contributed by atoms with Crippen molar-refractivity contribution in [3.63, 3.8) is 0 Å². The molecule has 194 valence electrons. The molecular formula is C31H29ClN2O4. The lowest BCUT2D eigenvalue weighted by Crippen LogP contribution is -2.29. The number of anilines is 1. The van der Waals surface area contributed by atoms with Crippen molar-refractivity contribution in [2.75, 3.05) is 11.5 Å². The second kappa shape index (κ2) is 10.0. The van der Waals surface area contributed by atoms with Crippen LogP contribution in [0.25, 0.3) is 16.7 Å². The first-order valence-corrected chi connectivity index (χ1v) is 12.9. The summed E-state index contributed by atoms with van der Waals surface area (Å²) in [6.45, 7) is 8.50. The lowest BCUT2D eigenvalue weighted by atomic mass is 9.92. The van der Waals surface area contributed by atoms with Crippen LogP contribution < -0.4 is 9.64 Å². The van der Waals surface area contributed by atoms with Crippen LogP contribution in [0, 0.1) is 19.8 Å². The van der Waals surface area contributed by atoms with Gasteiger partial charge in [0.2, 0.25) is 0 Å². The predicted octanol–water partition coefficient (Wildman–Crippen LogP) is 7.10. The van der Waals surface area contributed by atoms with Crippen molar-refractivity contribution in [3.05, 3.63) is 99.7 Å². The van der Waals surface area contributed by atoms with Crippen molar-refractivity contribution in [3.8, 4) is 5.75 Å². The number of carbonyl (C=O) groups excluding carboxylic acids is 2. The van der Waals surface area contributed by atoms with Crippen LogP contribution in [0.5, 0.6) is 5.75 Å². The van der Waals surface area contributed by atoms with E-state index in [1.54, 1.807) is 42.5 Å². The van der Waals surface area contributed by atoms with Crippen LogP contribution in [0.15, 0.2) is 72.3 Å². The molecule has 1 atom stereocenters. The number of aliphatic hydroxyl groups is 1. The highest BCUT2D eigenvalue weighted by molar-refractivity contribution is 6.52. The number of ketones is 1. The number of rotatable bonds is 6. The highest BCUT2D eigenvalue weighted by atomic mass is 35.5. The lowest BCUT2D eigenvalue weighted by Gasteiger charge is -2.26. The monoisotopic (exact) mass is 528 g/mol. The number of H-pyrrole nitrogens is 1. The number of halogens is 1. The third kappa shape index (κ3) is 4.45. The van der Waals surface area contributed by atoms with E-state index in [0.717, 1.165) is 27.7 Å². The zero-order valence-corrected chi connectivity index (χ0v) is 22.5. The van der Waals surface area contributed by atoms with Crippen LogP contribution in [0.3, 0.4) is 0 Å². The number of hydrogen-bond acceptors (Lipinski definition) is 4. The number of nitrogens with one attached hydrogen (secondary N) is 1. The molecule has 7 heteroatoms. The molecule has 0 spiro atoms. The summed E-state index contributed by atoms with van der Waals surface area (Å²) in [5, 5.41) is 13.0. The molecular weight excluding hydrogens is 500 g/mol. The molecule has 38 heavy (non-hydrogen) atoms. The zero-order chi connectivity index (χ0) is 27.1. The first-order chi connectivity index (χ1) is 18.2. The number of aromatic amines is 1. The van der Waals surface area contributed by atoms with Gasteiger partial charge in [0.15, 0.2) is 0 Å². The molecule has 1 fully saturated rings. The summed E-state index contributed by atoms with van der Waals surface area (Å²) < 4.78 is 5.88. The Hall–Kier alpha value is -4.03. The molecule has 6 nitrogen and oxygen atoms in total. The van der Waals surface area contributed by atoms with Gasteiger partial charge in [-0.25, -0.2) is 0 Å². The Kier molecular flexibility index (Phi) is 6.76. The molecule has 2 N–H and O–H groups in total. The van der Waals surface area contributed by atoms with Gasteiger partial charge >= 0.3 is 0 Å². The normalized spacial score (nSPS) is 17.1. The number of para-hydroxylation sites is 1.